The van der Waals surface area contributed by atoms with E-state index in [1.54, 1.807) is 12.1 Å². The first-order valence-electron chi connectivity index (χ1n) is 9.40. The summed E-state index contributed by atoms with van der Waals surface area (Å²) >= 11 is 0. The minimum Gasteiger partial charge on any atom is -0.352 e. The van der Waals surface area contributed by atoms with Crippen molar-refractivity contribution in [1.29, 1.82) is 0 Å². The summed E-state index contributed by atoms with van der Waals surface area (Å²) in [6.45, 7) is 13.6. The first kappa shape index (κ1) is 22.7. The van der Waals surface area contributed by atoms with Gasteiger partial charge in [0.1, 0.15) is 6.04 Å². The average Bonchev–Trinajstić information content (AvgIpc) is 2.55. The van der Waals surface area contributed by atoms with Gasteiger partial charge in [-0.25, -0.2) is 0 Å². The zero-order valence-corrected chi connectivity index (χ0v) is 17.5. The third-order valence-electron chi connectivity index (χ3n) is 4.12. The summed E-state index contributed by atoms with van der Waals surface area (Å²) in [5, 5.41) is 8.07. The van der Waals surface area contributed by atoms with Gasteiger partial charge in [-0.3, -0.25) is 14.4 Å². The zero-order valence-electron chi connectivity index (χ0n) is 17.5. The van der Waals surface area contributed by atoms with Crippen molar-refractivity contribution in [1.82, 2.24) is 16.0 Å². The Morgan fingerprint density at radius 2 is 1.48 bits per heavy atom. The number of rotatable bonds is 7. The second-order valence-electron chi connectivity index (χ2n) is 8.46. The Morgan fingerprint density at radius 1 is 0.926 bits per heavy atom. The van der Waals surface area contributed by atoms with Crippen molar-refractivity contribution >= 4 is 17.7 Å². The molecule has 0 radical (unpaired) electrons. The molecule has 0 bridgehead atoms. The Balaban J connectivity index is 2.74. The van der Waals surface area contributed by atoms with E-state index in [-0.39, 0.29) is 41.6 Å². The lowest BCUT2D eigenvalue weighted by atomic mass is 9.86. The highest BCUT2D eigenvalue weighted by Crippen LogP contribution is 2.22. The Labute approximate surface area is 162 Å². The van der Waals surface area contributed by atoms with Gasteiger partial charge < -0.3 is 16.0 Å². The smallest absolute Gasteiger partial charge is 0.251 e. The Morgan fingerprint density at radius 3 is 1.93 bits per heavy atom. The number of hydrogen-bond acceptors (Lipinski definition) is 3. The molecule has 0 saturated heterocycles. The van der Waals surface area contributed by atoms with E-state index in [1.165, 1.54) is 0 Å². The van der Waals surface area contributed by atoms with Crippen LogP contribution in [0.3, 0.4) is 0 Å². The largest absolute Gasteiger partial charge is 0.352 e. The third kappa shape index (κ3) is 7.41. The molecule has 0 heterocycles. The van der Waals surface area contributed by atoms with Crippen LogP contribution in [0.25, 0.3) is 0 Å². The molecule has 0 spiro atoms. The normalized spacial score (nSPS) is 12.6. The summed E-state index contributed by atoms with van der Waals surface area (Å²) < 4.78 is 0. The topological polar surface area (TPSA) is 87.3 Å². The van der Waals surface area contributed by atoms with Crippen LogP contribution in [0.5, 0.6) is 0 Å². The lowest BCUT2D eigenvalue weighted by Crippen LogP contribution is -2.51. The van der Waals surface area contributed by atoms with Crippen molar-refractivity contribution in [2.24, 2.45) is 5.92 Å². The van der Waals surface area contributed by atoms with Gasteiger partial charge in [0.05, 0.1) is 6.54 Å². The summed E-state index contributed by atoms with van der Waals surface area (Å²) in [6.07, 6.45) is 0. The second-order valence-corrected chi connectivity index (χ2v) is 8.46. The standard InChI is InChI=1S/C21H33N3O3/c1-13(2)18(20(27)22-12-17(25)23-14(3)4)24-19(26)15-8-10-16(11-9-15)21(5,6)7/h8-11,13-14,18H,12H2,1-7H3,(H,22,27)(H,23,25)(H,24,26)/t18-/m0/s1. The molecular weight excluding hydrogens is 342 g/mol. The summed E-state index contributed by atoms with van der Waals surface area (Å²) in [6, 6.07) is 6.67. The van der Waals surface area contributed by atoms with Gasteiger partial charge in [0, 0.05) is 11.6 Å². The SMILES string of the molecule is CC(C)NC(=O)CNC(=O)[C@@H](NC(=O)c1ccc(C(C)(C)C)cc1)C(C)C. The van der Waals surface area contributed by atoms with Crippen LogP contribution in [0, 0.1) is 5.92 Å². The lowest BCUT2D eigenvalue weighted by Gasteiger charge is -2.22. The molecule has 0 fully saturated rings. The molecule has 0 unspecified atom stereocenters. The monoisotopic (exact) mass is 375 g/mol. The first-order valence-corrected chi connectivity index (χ1v) is 9.40. The maximum atomic E-state index is 12.5. The van der Waals surface area contributed by atoms with Gasteiger partial charge >= 0.3 is 0 Å². The van der Waals surface area contributed by atoms with E-state index in [0.29, 0.717) is 5.56 Å². The van der Waals surface area contributed by atoms with Gasteiger partial charge in [0.15, 0.2) is 0 Å². The molecule has 1 atom stereocenters. The fourth-order valence-electron chi connectivity index (χ4n) is 2.53. The van der Waals surface area contributed by atoms with Crippen LogP contribution < -0.4 is 16.0 Å². The van der Waals surface area contributed by atoms with Crippen LogP contribution in [-0.4, -0.2) is 36.3 Å². The van der Waals surface area contributed by atoms with Gasteiger partial charge in [0.25, 0.3) is 5.91 Å². The fourth-order valence-corrected chi connectivity index (χ4v) is 2.53. The van der Waals surface area contributed by atoms with Crippen LogP contribution in [0.15, 0.2) is 24.3 Å². The van der Waals surface area contributed by atoms with E-state index >= 15 is 0 Å². The van der Waals surface area contributed by atoms with E-state index in [9.17, 15) is 14.4 Å². The second kappa shape index (κ2) is 9.53. The van der Waals surface area contributed by atoms with E-state index in [4.69, 9.17) is 0 Å². The minimum absolute atomic E-state index is 0.00562. The number of nitrogens with one attached hydrogen (secondary N) is 3. The number of carbonyl (C=O) groups is 3. The van der Waals surface area contributed by atoms with Crippen LogP contribution in [0.1, 0.15) is 64.4 Å². The van der Waals surface area contributed by atoms with E-state index < -0.39 is 6.04 Å². The van der Waals surface area contributed by atoms with Crippen molar-refractivity contribution in [2.75, 3.05) is 6.54 Å². The molecule has 1 aromatic rings. The predicted molar refractivity (Wildman–Crippen MR) is 108 cm³/mol. The molecule has 0 saturated carbocycles. The van der Waals surface area contributed by atoms with Gasteiger partial charge in [-0.1, -0.05) is 46.8 Å². The maximum absolute atomic E-state index is 12.5. The number of hydrogen-bond donors (Lipinski definition) is 3. The molecule has 1 aromatic carbocycles. The van der Waals surface area contributed by atoms with Crippen molar-refractivity contribution < 1.29 is 14.4 Å². The molecule has 27 heavy (non-hydrogen) atoms. The van der Waals surface area contributed by atoms with Crippen molar-refractivity contribution in [3.05, 3.63) is 35.4 Å². The molecular formula is C21H33N3O3. The van der Waals surface area contributed by atoms with E-state index in [2.05, 4.69) is 36.7 Å². The molecule has 6 heteroatoms. The van der Waals surface area contributed by atoms with Crippen molar-refractivity contribution in [2.45, 2.75) is 66.0 Å². The molecule has 0 aliphatic heterocycles. The minimum atomic E-state index is -0.716. The summed E-state index contributed by atoms with van der Waals surface area (Å²) in [5.74, 6) is -1.06. The molecule has 6 nitrogen and oxygen atoms in total. The van der Waals surface area contributed by atoms with E-state index in [1.807, 2.05) is 39.8 Å². The van der Waals surface area contributed by atoms with Crippen LogP contribution in [0.4, 0.5) is 0 Å². The third-order valence-corrected chi connectivity index (χ3v) is 4.12. The number of benzene rings is 1. The maximum Gasteiger partial charge on any atom is 0.251 e. The molecule has 1 rings (SSSR count). The van der Waals surface area contributed by atoms with Gasteiger partial charge in [0.2, 0.25) is 11.8 Å². The number of amides is 3. The van der Waals surface area contributed by atoms with Crippen LogP contribution >= 0.6 is 0 Å². The number of carbonyl (C=O) groups excluding carboxylic acids is 3. The average molecular weight is 376 g/mol. The molecule has 0 aliphatic carbocycles. The summed E-state index contributed by atoms with van der Waals surface area (Å²) in [5.41, 5.74) is 1.64. The predicted octanol–water partition coefficient (Wildman–Crippen LogP) is 2.38. The van der Waals surface area contributed by atoms with Crippen molar-refractivity contribution in [3.8, 4) is 0 Å². The molecule has 150 valence electrons. The highest BCUT2D eigenvalue weighted by molar-refractivity contribution is 5.98. The van der Waals surface area contributed by atoms with Gasteiger partial charge in [-0.15, -0.1) is 0 Å². The van der Waals surface area contributed by atoms with E-state index in [0.717, 1.165) is 5.56 Å². The van der Waals surface area contributed by atoms with Crippen LogP contribution in [0.2, 0.25) is 0 Å². The fraction of sp³-hybridized carbons (Fsp3) is 0.571. The molecule has 3 amide bonds. The Hall–Kier alpha value is -2.37. The highest BCUT2D eigenvalue weighted by atomic mass is 16.2. The quantitative estimate of drug-likeness (QED) is 0.684. The zero-order chi connectivity index (χ0) is 20.8. The lowest BCUT2D eigenvalue weighted by molar-refractivity contribution is -0.128. The summed E-state index contributed by atoms with van der Waals surface area (Å²) in [7, 11) is 0. The van der Waals surface area contributed by atoms with Crippen LogP contribution in [-0.2, 0) is 15.0 Å². The summed E-state index contributed by atoms with van der Waals surface area (Å²) in [4.78, 5) is 36.7. The highest BCUT2D eigenvalue weighted by Gasteiger charge is 2.25. The Bertz CT molecular complexity index is 658. The van der Waals surface area contributed by atoms with Crippen molar-refractivity contribution in [3.63, 3.8) is 0 Å². The molecule has 3 N–H and O–H groups in total. The Kier molecular flexibility index (Phi) is 8.00. The van der Waals surface area contributed by atoms with Gasteiger partial charge in [-0.05, 0) is 42.9 Å². The van der Waals surface area contributed by atoms with Gasteiger partial charge in [-0.2, -0.15) is 0 Å². The molecule has 0 aromatic heterocycles. The first-order chi connectivity index (χ1) is 12.4. The molecule has 0 aliphatic rings.